The van der Waals surface area contributed by atoms with Gasteiger partial charge < -0.3 is 76.5 Å². The summed E-state index contributed by atoms with van der Waals surface area (Å²) < 4.78 is 83.2. The maximum atomic E-state index is 11.3. The van der Waals surface area contributed by atoms with Crippen LogP contribution in [0.3, 0.4) is 0 Å². The number of aliphatic hydroxyl groups excluding tert-OH is 2. The molecule has 22 atom stereocenters. The summed E-state index contributed by atoms with van der Waals surface area (Å²) in [7, 11) is 14.7. The first-order chi connectivity index (χ1) is 31.7. The van der Waals surface area contributed by atoms with Crippen molar-refractivity contribution in [3.8, 4) is 0 Å². The van der Waals surface area contributed by atoms with E-state index in [0.717, 1.165) is 17.6 Å². The lowest BCUT2D eigenvalue weighted by Gasteiger charge is -2.45. The number of allylic oxidation sites excluding steroid dienone is 4. The summed E-state index contributed by atoms with van der Waals surface area (Å²) in [6.45, 7) is 14.6. The fraction of sp³-hybridized carbons (Fsp3) is 0.840. The molecule has 0 saturated carbocycles. The van der Waals surface area contributed by atoms with Gasteiger partial charge in [-0.1, -0.05) is 71.1 Å². The Hall–Kier alpha value is -1.68. The van der Waals surface area contributed by atoms with Crippen molar-refractivity contribution in [2.75, 3.05) is 70.6 Å². The van der Waals surface area contributed by atoms with E-state index in [1.807, 2.05) is 64.2 Å². The SMILES string of the molecule is CC[C@H](OC)[C@@H](C)[C@H]1O[C@@H]1[C@H](O)[C@@H](C)/C=C/C=C(\C)[C@@H]1O[C@H](OC)[C@@H](OC)[C@@H](OCCC[C@H](OC)[C@@H](C)[C@H]2O[C@@H]2[C@H](O)[C@@H](C)/C=C/C=C(\C)[C@@H]2O[C@H](OC)[C@H](OC)[C@@H](OC)[C@H]2OC)[C@@H]1OC. The van der Waals surface area contributed by atoms with Crippen LogP contribution in [0.4, 0.5) is 0 Å². The van der Waals surface area contributed by atoms with E-state index in [2.05, 4.69) is 20.8 Å². The number of methoxy groups -OCH3 is 9. The van der Waals surface area contributed by atoms with Crippen LogP contribution in [0.2, 0.25) is 0 Å². The van der Waals surface area contributed by atoms with Crippen LogP contribution < -0.4 is 0 Å². The minimum Gasteiger partial charge on any atom is -0.390 e. The van der Waals surface area contributed by atoms with Crippen LogP contribution in [0.25, 0.3) is 0 Å². The Morgan fingerprint density at radius 2 is 0.924 bits per heavy atom. The van der Waals surface area contributed by atoms with Crippen molar-refractivity contribution < 1.29 is 76.5 Å². The number of hydrogen-bond acceptors (Lipinski definition) is 16. The number of ether oxygens (including phenoxy) is 14. The third-order valence-corrected chi connectivity index (χ3v) is 14.3. The summed E-state index contributed by atoms with van der Waals surface area (Å²) in [5.74, 6) is -0.0922. The second-order valence-corrected chi connectivity index (χ2v) is 18.4. The zero-order valence-corrected chi connectivity index (χ0v) is 42.6. The minimum absolute atomic E-state index is 0.0203. The van der Waals surface area contributed by atoms with Crippen molar-refractivity contribution >= 4 is 0 Å². The summed E-state index contributed by atoms with van der Waals surface area (Å²) in [5, 5.41) is 22.4. The molecule has 2 N–H and O–H groups in total. The topological polar surface area (TPSA) is 176 Å². The van der Waals surface area contributed by atoms with Crippen LogP contribution in [0.1, 0.15) is 67.7 Å². The Labute approximate surface area is 395 Å². The Balaban J connectivity index is 1.29. The first-order valence-corrected chi connectivity index (χ1v) is 23.7. The molecule has 0 unspecified atom stereocenters. The van der Waals surface area contributed by atoms with E-state index >= 15 is 0 Å². The van der Waals surface area contributed by atoms with Gasteiger partial charge in [-0.25, -0.2) is 0 Å². The van der Waals surface area contributed by atoms with Gasteiger partial charge in [-0.15, -0.1) is 0 Å². The van der Waals surface area contributed by atoms with Crippen LogP contribution in [-0.4, -0.2) is 191 Å². The molecule has 0 aromatic carbocycles. The number of aliphatic hydroxyl groups is 2. The van der Waals surface area contributed by atoms with Crippen molar-refractivity contribution in [3.63, 3.8) is 0 Å². The molecule has 4 aliphatic heterocycles. The van der Waals surface area contributed by atoms with Crippen LogP contribution in [0.5, 0.6) is 0 Å². The van der Waals surface area contributed by atoms with Gasteiger partial charge in [0.25, 0.3) is 0 Å². The van der Waals surface area contributed by atoms with E-state index < -0.39 is 73.6 Å². The molecule has 4 heterocycles. The van der Waals surface area contributed by atoms with Gasteiger partial charge in [-0.3, -0.25) is 0 Å². The molecule has 16 nitrogen and oxygen atoms in total. The van der Waals surface area contributed by atoms with Crippen LogP contribution in [0, 0.1) is 23.7 Å². The molecular weight excluding hydrogens is 857 g/mol. The number of rotatable bonds is 29. The Bertz CT molecular complexity index is 1520. The quantitative estimate of drug-likeness (QED) is 0.0567. The molecule has 4 rings (SSSR count). The highest BCUT2D eigenvalue weighted by Gasteiger charge is 2.53. The molecule has 16 heteroatoms. The summed E-state index contributed by atoms with van der Waals surface area (Å²) in [4.78, 5) is 0. The lowest BCUT2D eigenvalue weighted by molar-refractivity contribution is -0.298. The predicted octanol–water partition coefficient (Wildman–Crippen LogP) is 5.22. The monoisotopic (exact) mass is 943 g/mol. The summed E-state index contributed by atoms with van der Waals surface area (Å²) in [6, 6.07) is 0. The number of epoxide rings is 2. The van der Waals surface area contributed by atoms with Crippen LogP contribution in [0.15, 0.2) is 47.6 Å². The van der Waals surface area contributed by atoms with E-state index in [0.29, 0.717) is 19.4 Å². The molecule has 66 heavy (non-hydrogen) atoms. The van der Waals surface area contributed by atoms with Crippen molar-refractivity contribution in [1.82, 2.24) is 0 Å². The van der Waals surface area contributed by atoms with Gasteiger partial charge in [0.1, 0.15) is 61.0 Å². The standard InChI is InChI=1S/C50H86O16/c1-17-33(53-8)31(6)39-41(63-39)35(51)27(2)22-19-24-30(5)38-44(56-11)46(48(59-14)50(61-16)66-38)62-26-20-25-34(54-9)32(7)40-42(64-40)36(52)28(3)21-18-23-29(4)37-43(55-10)45(57-12)47(58-13)49(60-15)65-37/h18-19,21-24,27-28,31-52H,17,20,25-26H2,1-16H3/b21-18+,22-19+,29-23+,30-24+/t27-,28-,31+,32+,33-,34-,35+,36+,37-,38-,39+,40+,41+,42+,43-,44+,45-,46-,47+,48-,49-,50-/m0/s1. The van der Waals surface area contributed by atoms with Gasteiger partial charge in [0.2, 0.25) is 0 Å². The lowest BCUT2D eigenvalue weighted by atomic mass is 9.90. The minimum atomic E-state index is -0.705. The summed E-state index contributed by atoms with van der Waals surface area (Å²) >= 11 is 0. The molecule has 0 bridgehead atoms. The molecule has 4 saturated heterocycles. The fourth-order valence-electron chi connectivity index (χ4n) is 9.93. The number of hydrogen-bond donors (Lipinski definition) is 2. The Kier molecular flexibility index (Phi) is 23.8. The lowest BCUT2D eigenvalue weighted by Crippen LogP contribution is -2.60. The predicted molar refractivity (Wildman–Crippen MR) is 248 cm³/mol. The zero-order chi connectivity index (χ0) is 48.8. The van der Waals surface area contributed by atoms with E-state index in [1.165, 1.54) is 0 Å². The molecule has 0 aromatic heterocycles. The van der Waals surface area contributed by atoms with Gasteiger partial charge in [0.05, 0.1) is 36.6 Å². The highest BCUT2D eigenvalue weighted by Crippen LogP contribution is 2.40. The first-order valence-electron chi connectivity index (χ1n) is 23.7. The van der Waals surface area contributed by atoms with Crippen molar-refractivity contribution in [2.45, 2.75) is 178 Å². The molecule has 0 spiro atoms. The zero-order valence-electron chi connectivity index (χ0n) is 42.6. The largest absolute Gasteiger partial charge is 0.390 e. The normalized spacial score (nSPS) is 36.8. The highest BCUT2D eigenvalue weighted by molar-refractivity contribution is 5.21. The summed E-state index contributed by atoms with van der Waals surface area (Å²) in [5.41, 5.74) is 1.83. The van der Waals surface area contributed by atoms with E-state index in [1.54, 1.807) is 64.0 Å². The molecular formula is C50H86O16. The fourth-order valence-corrected chi connectivity index (χ4v) is 9.93. The van der Waals surface area contributed by atoms with E-state index in [9.17, 15) is 10.2 Å². The highest BCUT2D eigenvalue weighted by atomic mass is 16.7. The maximum Gasteiger partial charge on any atom is 0.186 e. The first kappa shape index (κ1) is 56.9. The molecule has 4 aliphatic rings. The second-order valence-electron chi connectivity index (χ2n) is 18.4. The van der Waals surface area contributed by atoms with Gasteiger partial charge >= 0.3 is 0 Å². The third-order valence-electron chi connectivity index (χ3n) is 14.3. The molecule has 382 valence electrons. The van der Waals surface area contributed by atoms with Gasteiger partial charge in [0, 0.05) is 94.3 Å². The van der Waals surface area contributed by atoms with Crippen molar-refractivity contribution in [2.24, 2.45) is 23.7 Å². The second kappa shape index (κ2) is 27.6. The van der Waals surface area contributed by atoms with Gasteiger partial charge in [-0.05, 0) is 44.3 Å². The van der Waals surface area contributed by atoms with Gasteiger partial charge in [0.15, 0.2) is 12.6 Å². The molecule has 0 amide bonds. The third kappa shape index (κ3) is 14.0. The Morgan fingerprint density at radius 1 is 0.515 bits per heavy atom. The van der Waals surface area contributed by atoms with Crippen LogP contribution >= 0.6 is 0 Å². The molecule has 0 radical (unpaired) electrons. The van der Waals surface area contributed by atoms with E-state index in [-0.39, 0.29) is 60.3 Å². The van der Waals surface area contributed by atoms with E-state index in [4.69, 9.17) is 66.3 Å². The molecule has 4 fully saturated rings. The van der Waals surface area contributed by atoms with Crippen molar-refractivity contribution in [3.05, 3.63) is 47.6 Å². The van der Waals surface area contributed by atoms with Gasteiger partial charge in [-0.2, -0.15) is 0 Å². The average Bonchev–Trinajstić information content (AvgIpc) is 4.28. The molecule has 0 aliphatic carbocycles. The maximum absolute atomic E-state index is 11.3. The van der Waals surface area contributed by atoms with Crippen LogP contribution in [-0.2, 0) is 66.3 Å². The summed E-state index contributed by atoms with van der Waals surface area (Å²) in [6.07, 6.45) is 6.98. The Morgan fingerprint density at radius 3 is 1.32 bits per heavy atom. The average molecular weight is 943 g/mol. The molecule has 0 aromatic rings. The van der Waals surface area contributed by atoms with Crippen molar-refractivity contribution in [1.29, 1.82) is 0 Å². The smallest absolute Gasteiger partial charge is 0.186 e.